The van der Waals surface area contributed by atoms with E-state index in [1.54, 1.807) is 25.6 Å². The molecule has 2 aromatic carbocycles. The highest BCUT2D eigenvalue weighted by molar-refractivity contribution is 7.07. The van der Waals surface area contributed by atoms with Crippen LogP contribution in [-0.2, 0) is 11.3 Å². The number of benzene rings is 2. The molecule has 0 spiro atoms. The average Bonchev–Trinajstić information content (AvgIpc) is 3.41. The van der Waals surface area contributed by atoms with Crippen LogP contribution in [0.2, 0.25) is 0 Å². The first-order valence-corrected chi connectivity index (χ1v) is 11.1. The van der Waals surface area contributed by atoms with Gasteiger partial charge in [0, 0.05) is 23.6 Å². The summed E-state index contributed by atoms with van der Waals surface area (Å²) in [5, 5.41) is 2.15. The van der Waals surface area contributed by atoms with Crippen molar-refractivity contribution >= 4 is 17.0 Å². The van der Waals surface area contributed by atoms with Crippen molar-refractivity contribution in [2.24, 2.45) is 4.99 Å². The van der Waals surface area contributed by atoms with Crippen LogP contribution in [0.5, 0.6) is 11.5 Å². The van der Waals surface area contributed by atoms with E-state index in [2.05, 4.69) is 42.0 Å². The Balaban J connectivity index is 1.83. The fourth-order valence-electron chi connectivity index (χ4n) is 3.72. The van der Waals surface area contributed by atoms with Crippen molar-refractivity contribution in [3.05, 3.63) is 57.7 Å². The standard InChI is InChI=1S/C24H28N2O3S/c1-16-7-8-18(12-17(16)2)25-24-26(14-20-6-5-11-29-20)22(15-30-24)21-10-9-19(27-3)13-23(21)28-4/h7-10,12-13,15,20H,5-6,11,14H2,1-4H3. The van der Waals surface area contributed by atoms with Gasteiger partial charge >= 0.3 is 0 Å². The van der Waals surface area contributed by atoms with Crippen molar-refractivity contribution in [3.63, 3.8) is 0 Å². The fraction of sp³-hybridized carbons (Fsp3) is 0.375. The molecule has 3 aromatic rings. The lowest BCUT2D eigenvalue weighted by Crippen LogP contribution is -2.24. The summed E-state index contributed by atoms with van der Waals surface area (Å²) < 4.78 is 19.2. The van der Waals surface area contributed by atoms with Gasteiger partial charge in [-0.25, -0.2) is 4.99 Å². The Morgan fingerprint density at radius 1 is 1.10 bits per heavy atom. The lowest BCUT2D eigenvalue weighted by Gasteiger charge is -2.16. The number of methoxy groups -OCH3 is 2. The second kappa shape index (κ2) is 9.06. The Hall–Kier alpha value is -2.57. The van der Waals surface area contributed by atoms with Gasteiger partial charge in [-0.05, 0) is 62.1 Å². The van der Waals surface area contributed by atoms with E-state index in [4.69, 9.17) is 19.2 Å². The quantitative estimate of drug-likeness (QED) is 0.542. The molecule has 0 aliphatic carbocycles. The molecule has 4 rings (SSSR count). The van der Waals surface area contributed by atoms with Crippen molar-refractivity contribution in [3.8, 4) is 22.8 Å². The number of nitrogens with zero attached hydrogens (tertiary/aromatic N) is 2. The number of aryl methyl sites for hydroxylation is 2. The van der Waals surface area contributed by atoms with E-state index >= 15 is 0 Å². The Morgan fingerprint density at radius 3 is 2.67 bits per heavy atom. The van der Waals surface area contributed by atoms with Crippen molar-refractivity contribution in [1.29, 1.82) is 0 Å². The van der Waals surface area contributed by atoms with Crippen LogP contribution in [0.15, 0.2) is 46.8 Å². The van der Waals surface area contributed by atoms with Crippen LogP contribution in [0.4, 0.5) is 5.69 Å². The molecule has 1 saturated heterocycles. The molecule has 1 atom stereocenters. The second-order valence-corrected chi connectivity index (χ2v) is 8.43. The van der Waals surface area contributed by atoms with E-state index in [0.29, 0.717) is 0 Å². The third-order valence-electron chi connectivity index (χ3n) is 5.61. The first-order valence-electron chi connectivity index (χ1n) is 10.2. The van der Waals surface area contributed by atoms with Crippen molar-refractivity contribution in [2.45, 2.75) is 39.3 Å². The van der Waals surface area contributed by atoms with Gasteiger partial charge in [0.2, 0.25) is 0 Å². The smallest absolute Gasteiger partial charge is 0.190 e. The molecule has 0 bridgehead atoms. The highest BCUT2D eigenvalue weighted by Crippen LogP contribution is 2.34. The number of aromatic nitrogens is 1. The molecule has 0 radical (unpaired) electrons. The zero-order valence-electron chi connectivity index (χ0n) is 18.0. The molecule has 0 amide bonds. The minimum Gasteiger partial charge on any atom is -0.497 e. The number of hydrogen-bond donors (Lipinski definition) is 0. The fourth-order valence-corrected chi connectivity index (χ4v) is 4.65. The second-order valence-electron chi connectivity index (χ2n) is 7.60. The van der Waals surface area contributed by atoms with Gasteiger partial charge in [0.1, 0.15) is 11.5 Å². The van der Waals surface area contributed by atoms with Gasteiger partial charge in [0.05, 0.1) is 38.2 Å². The van der Waals surface area contributed by atoms with Crippen LogP contribution in [0, 0.1) is 13.8 Å². The maximum Gasteiger partial charge on any atom is 0.190 e. The van der Waals surface area contributed by atoms with Crippen LogP contribution in [0.25, 0.3) is 11.3 Å². The minimum absolute atomic E-state index is 0.210. The van der Waals surface area contributed by atoms with Gasteiger partial charge in [0.25, 0.3) is 0 Å². The predicted molar refractivity (Wildman–Crippen MR) is 121 cm³/mol. The van der Waals surface area contributed by atoms with Crippen LogP contribution < -0.4 is 14.3 Å². The first kappa shape index (κ1) is 20.7. The van der Waals surface area contributed by atoms with Crippen molar-refractivity contribution in [1.82, 2.24) is 4.57 Å². The van der Waals surface area contributed by atoms with Gasteiger partial charge < -0.3 is 18.8 Å². The lowest BCUT2D eigenvalue weighted by atomic mass is 10.1. The summed E-state index contributed by atoms with van der Waals surface area (Å²) in [6.45, 7) is 5.85. The van der Waals surface area contributed by atoms with E-state index in [1.807, 2.05) is 18.2 Å². The predicted octanol–water partition coefficient (Wildman–Crippen LogP) is 5.26. The molecule has 0 saturated carbocycles. The molecule has 1 unspecified atom stereocenters. The molecule has 1 aliphatic heterocycles. The molecule has 1 fully saturated rings. The maximum atomic E-state index is 5.94. The summed E-state index contributed by atoms with van der Waals surface area (Å²) >= 11 is 1.64. The largest absolute Gasteiger partial charge is 0.497 e. The number of ether oxygens (including phenoxy) is 3. The molecule has 30 heavy (non-hydrogen) atoms. The Labute approximate surface area is 181 Å². The van der Waals surface area contributed by atoms with Crippen molar-refractivity contribution < 1.29 is 14.2 Å². The summed E-state index contributed by atoms with van der Waals surface area (Å²) in [6, 6.07) is 12.3. The number of thiazole rings is 1. The highest BCUT2D eigenvalue weighted by atomic mass is 32.1. The summed E-state index contributed by atoms with van der Waals surface area (Å²) in [7, 11) is 3.35. The number of rotatable bonds is 6. The molecular weight excluding hydrogens is 396 g/mol. The number of hydrogen-bond acceptors (Lipinski definition) is 5. The summed E-state index contributed by atoms with van der Waals surface area (Å²) in [4.78, 5) is 5.94. The molecule has 0 N–H and O–H groups in total. The highest BCUT2D eigenvalue weighted by Gasteiger charge is 2.20. The van der Waals surface area contributed by atoms with Crippen LogP contribution >= 0.6 is 11.3 Å². The zero-order valence-corrected chi connectivity index (χ0v) is 18.8. The van der Waals surface area contributed by atoms with Crippen LogP contribution in [0.1, 0.15) is 24.0 Å². The third kappa shape index (κ3) is 4.30. The Bertz CT molecular complexity index is 1090. The van der Waals surface area contributed by atoms with Gasteiger partial charge in [-0.2, -0.15) is 0 Å². The minimum atomic E-state index is 0.210. The molecule has 2 heterocycles. The SMILES string of the molecule is COc1ccc(-c2csc(=Nc3ccc(C)c(C)c3)n2CC2CCCO2)c(OC)c1. The van der Waals surface area contributed by atoms with E-state index in [9.17, 15) is 0 Å². The topological polar surface area (TPSA) is 45.0 Å². The van der Waals surface area contributed by atoms with Crippen LogP contribution in [0.3, 0.4) is 0 Å². The van der Waals surface area contributed by atoms with E-state index < -0.39 is 0 Å². The van der Waals surface area contributed by atoms with Gasteiger partial charge in [-0.15, -0.1) is 11.3 Å². The third-order valence-corrected chi connectivity index (χ3v) is 6.47. The average molecular weight is 425 g/mol. The van der Waals surface area contributed by atoms with Gasteiger partial charge in [0.15, 0.2) is 4.80 Å². The first-order chi connectivity index (χ1) is 14.6. The summed E-state index contributed by atoms with van der Waals surface area (Å²) in [5.41, 5.74) is 5.59. The Morgan fingerprint density at radius 2 is 1.97 bits per heavy atom. The van der Waals surface area contributed by atoms with Gasteiger partial charge in [-0.1, -0.05) is 6.07 Å². The Kier molecular flexibility index (Phi) is 6.25. The summed E-state index contributed by atoms with van der Waals surface area (Å²) in [5.74, 6) is 1.56. The monoisotopic (exact) mass is 424 g/mol. The van der Waals surface area contributed by atoms with Crippen molar-refractivity contribution in [2.75, 3.05) is 20.8 Å². The molecule has 1 aromatic heterocycles. The van der Waals surface area contributed by atoms with Crippen LogP contribution in [-0.4, -0.2) is 31.5 Å². The van der Waals surface area contributed by atoms with E-state index in [-0.39, 0.29) is 6.10 Å². The molecule has 158 valence electrons. The molecule has 6 heteroatoms. The maximum absolute atomic E-state index is 5.94. The zero-order chi connectivity index (χ0) is 21.1. The normalized spacial score (nSPS) is 16.8. The van der Waals surface area contributed by atoms with Gasteiger partial charge in [-0.3, -0.25) is 0 Å². The molecule has 1 aliphatic rings. The van der Waals surface area contributed by atoms with E-state index in [1.165, 1.54) is 11.1 Å². The lowest BCUT2D eigenvalue weighted by molar-refractivity contribution is 0.0968. The molecular formula is C24H28N2O3S. The van der Waals surface area contributed by atoms with E-state index in [0.717, 1.165) is 59.2 Å². The summed E-state index contributed by atoms with van der Waals surface area (Å²) in [6.07, 6.45) is 2.40. The molecule has 5 nitrogen and oxygen atoms in total.